The fourth-order valence-electron chi connectivity index (χ4n) is 1.63. The molecule has 3 nitrogen and oxygen atoms in total. The zero-order valence-electron chi connectivity index (χ0n) is 11.1. The molecule has 2 N–H and O–H groups in total. The van der Waals surface area contributed by atoms with Crippen molar-refractivity contribution in [2.24, 2.45) is 11.1 Å². The molecule has 0 aliphatic rings. The molecule has 0 spiro atoms. The zero-order chi connectivity index (χ0) is 12.5. The van der Waals surface area contributed by atoms with E-state index in [1.165, 1.54) is 0 Å². The van der Waals surface area contributed by atoms with Crippen LogP contribution in [-0.4, -0.2) is 17.1 Å². The Kier molecular flexibility index (Phi) is 3.97. The SMILES string of the molecule is CC(C)(N)CC(C)(C)C(=O)OC(C)(C)C. The maximum Gasteiger partial charge on any atom is 0.312 e. The molecule has 0 aliphatic carbocycles. The lowest BCUT2D eigenvalue weighted by atomic mass is 9.80. The molecule has 0 aromatic heterocycles. The largest absolute Gasteiger partial charge is 0.460 e. The molecule has 0 fully saturated rings. The normalized spacial score (nSPS) is 13.9. The highest BCUT2D eigenvalue weighted by Gasteiger charge is 2.36. The first-order valence-corrected chi connectivity index (χ1v) is 5.36. The highest BCUT2D eigenvalue weighted by molar-refractivity contribution is 5.76. The lowest BCUT2D eigenvalue weighted by molar-refractivity contribution is -0.166. The summed E-state index contributed by atoms with van der Waals surface area (Å²) in [5.41, 5.74) is 4.58. The molecule has 0 saturated heterocycles. The lowest BCUT2D eigenvalue weighted by Crippen LogP contribution is -2.43. The van der Waals surface area contributed by atoms with Gasteiger partial charge in [0.1, 0.15) is 5.60 Å². The zero-order valence-corrected chi connectivity index (χ0v) is 11.1. The van der Waals surface area contributed by atoms with Gasteiger partial charge in [-0.05, 0) is 54.9 Å². The molecule has 0 amide bonds. The highest BCUT2D eigenvalue weighted by Crippen LogP contribution is 2.29. The quantitative estimate of drug-likeness (QED) is 0.736. The third kappa shape index (κ3) is 6.50. The Morgan fingerprint density at radius 1 is 1.07 bits per heavy atom. The van der Waals surface area contributed by atoms with Gasteiger partial charge in [0, 0.05) is 5.54 Å². The lowest BCUT2D eigenvalue weighted by Gasteiger charge is -2.33. The van der Waals surface area contributed by atoms with Crippen molar-refractivity contribution >= 4 is 5.97 Å². The van der Waals surface area contributed by atoms with E-state index in [1.807, 2.05) is 48.5 Å². The van der Waals surface area contributed by atoms with E-state index in [2.05, 4.69) is 0 Å². The van der Waals surface area contributed by atoms with Gasteiger partial charge in [-0.1, -0.05) is 0 Å². The van der Waals surface area contributed by atoms with Crippen molar-refractivity contribution in [2.45, 2.75) is 66.0 Å². The highest BCUT2D eigenvalue weighted by atomic mass is 16.6. The number of ether oxygens (including phenoxy) is 1. The molecule has 0 saturated carbocycles. The molecule has 0 aliphatic heterocycles. The number of hydrogen-bond acceptors (Lipinski definition) is 3. The van der Waals surface area contributed by atoms with E-state index in [0.717, 1.165) is 0 Å². The summed E-state index contributed by atoms with van der Waals surface area (Å²) < 4.78 is 5.35. The second kappa shape index (κ2) is 4.12. The van der Waals surface area contributed by atoms with Crippen molar-refractivity contribution in [2.75, 3.05) is 0 Å². The summed E-state index contributed by atoms with van der Waals surface area (Å²) in [5, 5.41) is 0. The first kappa shape index (κ1) is 14.4. The first-order valence-electron chi connectivity index (χ1n) is 5.36. The predicted molar refractivity (Wildman–Crippen MR) is 62.5 cm³/mol. The molecule has 0 heterocycles. The van der Waals surface area contributed by atoms with Crippen LogP contribution in [0.2, 0.25) is 0 Å². The van der Waals surface area contributed by atoms with Crippen LogP contribution in [0.3, 0.4) is 0 Å². The van der Waals surface area contributed by atoms with Crippen LogP contribution in [0.25, 0.3) is 0 Å². The monoisotopic (exact) mass is 215 g/mol. The Bertz CT molecular complexity index is 231. The Hall–Kier alpha value is -0.570. The molecule has 90 valence electrons. The van der Waals surface area contributed by atoms with Crippen molar-refractivity contribution in [1.82, 2.24) is 0 Å². The second-order valence-corrected chi connectivity index (χ2v) is 6.55. The minimum Gasteiger partial charge on any atom is -0.460 e. The number of esters is 1. The fraction of sp³-hybridized carbons (Fsp3) is 0.917. The van der Waals surface area contributed by atoms with E-state index in [-0.39, 0.29) is 11.5 Å². The summed E-state index contributed by atoms with van der Waals surface area (Å²) in [7, 11) is 0. The molecule has 0 bridgehead atoms. The van der Waals surface area contributed by atoms with Crippen molar-refractivity contribution in [1.29, 1.82) is 0 Å². The average Bonchev–Trinajstić information content (AvgIpc) is 1.75. The topological polar surface area (TPSA) is 52.3 Å². The number of rotatable bonds is 3. The minimum atomic E-state index is -0.536. The minimum absolute atomic E-state index is 0.187. The molecular weight excluding hydrogens is 190 g/mol. The summed E-state index contributed by atoms with van der Waals surface area (Å²) in [6, 6.07) is 0. The number of hydrogen-bond donors (Lipinski definition) is 1. The first-order chi connectivity index (χ1) is 6.33. The summed E-state index contributed by atoms with van der Waals surface area (Å²) >= 11 is 0. The third-order valence-electron chi connectivity index (χ3n) is 1.85. The molecule has 0 rings (SSSR count). The molecule has 0 unspecified atom stereocenters. The van der Waals surface area contributed by atoms with Crippen LogP contribution in [0.1, 0.15) is 54.9 Å². The van der Waals surface area contributed by atoms with Crippen LogP contribution in [0.15, 0.2) is 0 Å². The molecule has 0 aromatic carbocycles. The van der Waals surface area contributed by atoms with Gasteiger partial charge in [0.25, 0.3) is 0 Å². The fourth-order valence-corrected chi connectivity index (χ4v) is 1.63. The van der Waals surface area contributed by atoms with Gasteiger partial charge in [-0.2, -0.15) is 0 Å². The van der Waals surface area contributed by atoms with E-state index in [4.69, 9.17) is 10.5 Å². The van der Waals surface area contributed by atoms with Crippen LogP contribution in [0, 0.1) is 5.41 Å². The van der Waals surface area contributed by atoms with Crippen LogP contribution < -0.4 is 5.73 Å². The maximum atomic E-state index is 11.9. The van der Waals surface area contributed by atoms with Crippen LogP contribution in [0.4, 0.5) is 0 Å². The van der Waals surface area contributed by atoms with Gasteiger partial charge in [-0.15, -0.1) is 0 Å². The summed E-state index contributed by atoms with van der Waals surface area (Å²) in [5.74, 6) is -0.187. The van der Waals surface area contributed by atoms with E-state index >= 15 is 0 Å². The summed E-state index contributed by atoms with van der Waals surface area (Å²) in [6.45, 7) is 13.2. The van der Waals surface area contributed by atoms with Gasteiger partial charge in [0.2, 0.25) is 0 Å². The van der Waals surface area contributed by atoms with E-state index < -0.39 is 11.0 Å². The standard InChI is InChI=1S/C12H25NO2/c1-10(2,3)15-9(14)11(4,5)8-12(6,7)13/h8,13H2,1-7H3. The third-order valence-corrected chi connectivity index (χ3v) is 1.85. The molecule has 0 aromatic rings. The Morgan fingerprint density at radius 2 is 1.47 bits per heavy atom. The van der Waals surface area contributed by atoms with Gasteiger partial charge < -0.3 is 10.5 Å². The number of carbonyl (C=O) groups excluding carboxylic acids is 1. The molecule has 0 atom stereocenters. The molecule has 0 radical (unpaired) electrons. The summed E-state index contributed by atoms with van der Waals surface area (Å²) in [6.07, 6.45) is 0.606. The van der Waals surface area contributed by atoms with Crippen molar-refractivity contribution in [3.05, 3.63) is 0 Å². The Balaban J connectivity index is 4.54. The van der Waals surface area contributed by atoms with Crippen molar-refractivity contribution < 1.29 is 9.53 Å². The number of nitrogens with two attached hydrogens (primary N) is 1. The molecular formula is C12H25NO2. The van der Waals surface area contributed by atoms with Gasteiger partial charge in [-0.25, -0.2) is 0 Å². The smallest absolute Gasteiger partial charge is 0.312 e. The van der Waals surface area contributed by atoms with E-state index in [0.29, 0.717) is 6.42 Å². The van der Waals surface area contributed by atoms with Crippen molar-refractivity contribution in [3.63, 3.8) is 0 Å². The average molecular weight is 215 g/mol. The molecule has 15 heavy (non-hydrogen) atoms. The second-order valence-electron chi connectivity index (χ2n) is 6.55. The molecule has 3 heteroatoms. The van der Waals surface area contributed by atoms with Crippen LogP contribution >= 0.6 is 0 Å². The van der Waals surface area contributed by atoms with Crippen LogP contribution in [-0.2, 0) is 9.53 Å². The van der Waals surface area contributed by atoms with Crippen LogP contribution in [0.5, 0.6) is 0 Å². The van der Waals surface area contributed by atoms with Crippen molar-refractivity contribution in [3.8, 4) is 0 Å². The van der Waals surface area contributed by atoms with Gasteiger partial charge in [0.05, 0.1) is 5.41 Å². The number of carbonyl (C=O) groups is 1. The Labute approximate surface area is 93.4 Å². The van der Waals surface area contributed by atoms with Gasteiger partial charge in [0.15, 0.2) is 0 Å². The van der Waals surface area contributed by atoms with E-state index in [1.54, 1.807) is 0 Å². The van der Waals surface area contributed by atoms with Gasteiger partial charge >= 0.3 is 5.97 Å². The maximum absolute atomic E-state index is 11.9. The van der Waals surface area contributed by atoms with E-state index in [9.17, 15) is 4.79 Å². The predicted octanol–water partition coefficient (Wildman–Crippen LogP) is 2.48. The summed E-state index contributed by atoms with van der Waals surface area (Å²) in [4.78, 5) is 11.9. The Morgan fingerprint density at radius 3 is 1.73 bits per heavy atom. The van der Waals surface area contributed by atoms with Gasteiger partial charge in [-0.3, -0.25) is 4.79 Å².